The highest BCUT2D eigenvalue weighted by atomic mass is 35.5. The fraction of sp³-hybridized carbons (Fsp3) is 0.556. The molecule has 1 aromatic heterocycles. The Morgan fingerprint density at radius 3 is 3.00 bits per heavy atom. The summed E-state index contributed by atoms with van der Waals surface area (Å²) in [6.45, 7) is 3.85. The summed E-state index contributed by atoms with van der Waals surface area (Å²) >= 11 is 6.94. The highest BCUT2D eigenvalue weighted by Gasteiger charge is 2.10. The molecular formula is C9H12ClNO2S. The van der Waals surface area contributed by atoms with Gasteiger partial charge in [-0.3, -0.25) is 4.79 Å². The van der Waals surface area contributed by atoms with Gasteiger partial charge in [0.2, 0.25) is 0 Å². The van der Waals surface area contributed by atoms with Crippen LogP contribution in [0.1, 0.15) is 25.1 Å². The number of thiazole rings is 1. The van der Waals surface area contributed by atoms with E-state index in [1.807, 2.05) is 13.8 Å². The number of nitrogens with zero attached hydrogens (tertiary/aromatic N) is 1. The summed E-state index contributed by atoms with van der Waals surface area (Å²) < 4.78 is 5.56. The Hall–Kier alpha value is -0.610. The third-order valence-corrected chi connectivity index (χ3v) is 2.87. The topological polar surface area (TPSA) is 39.2 Å². The maximum atomic E-state index is 11.3. The van der Waals surface area contributed by atoms with Crippen molar-refractivity contribution >= 4 is 28.9 Å². The molecule has 0 aliphatic carbocycles. The summed E-state index contributed by atoms with van der Waals surface area (Å²) in [5, 5.41) is 0. The number of aromatic nitrogens is 1. The van der Waals surface area contributed by atoms with Crippen molar-refractivity contribution in [3.05, 3.63) is 15.5 Å². The summed E-state index contributed by atoms with van der Waals surface area (Å²) in [5.41, 5.74) is 0. The van der Waals surface area contributed by atoms with E-state index < -0.39 is 0 Å². The van der Waals surface area contributed by atoms with Gasteiger partial charge in [-0.05, 0) is 13.3 Å². The van der Waals surface area contributed by atoms with Gasteiger partial charge in [0.15, 0.2) is 4.47 Å². The highest BCUT2D eigenvalue weighted by molar-refractivity contribution is 7.15. The third kappa shape index (κ3) is 3.64. The monoisotopic (exact) mass is 233 g/mol. The standard InChI is InChI=1S/C9H12ClNO2S/c1-3-6(2)13-8(12)4-7-5-11-9(10)14-7/h5-6H,3-4H2,1-2H3. The van der Waals surface area contributed by atoms with Gasteiger partial charge in [-0.2, -0.15) is 0 Å². The van der Waals surface area contributed by atoms with Crippen LogP contribution in [0.4, 0.5) is 0 Å². The Balaban J connectivity index is 2.41. The number of carbonyl (C=O) groups is 1. The summed E-state index contributed by atoms with van der Waals surface area (Å²) in [6, 6.07) is 0. The largest absolute Gasteiger partial charge is 0.462 e. The molecule has 5 heteroatoms. The quantitative estimate of drug-likeness (QED) is 0.751. The molecular weight excluding hydrogens is 222 g/mol. The van der Waals surface area contributed by atoms with Crippen LogP contribution in [0.5, 0.6) is 0 Å². The lowest BCUT2D eigenvalue weighted by atomic mass is 10.3. The van der Waals surface area contributed by atoms with E-state index in [2.05, 4.69) is 4.98 Å². The number of ether oxygens (including phenoxy) is 1. The van der Waals surface area contributed by atoms with Crippen molar-refractivity contribution in [2.75, 3.05) is 0 Å². The van der Waals surface area contributed by atoms with Crippen molar-refractivity contribution in [1.29, 1.82) is 0 Å². The van der Waals surface area contributed by atoms with Gasteiger partial charge >= 0.3 is 5.97 Å². The molecule has 0 N–H and O–H groups in total. The zero-order valence-corrected chi connectivity index (χ0v) is 9.69. The second-order valence-electron chi connectivity index (χ2n) is 2.97. The van der Waals surface area contributed by atoms with Crippen LogP contribution in [0, 0.1) is 0 Å². The van der Waals surface area contributed by atoms with E-state index in [1.165, 1.54) is 11.3 Å². The van der Waals surface area contributed by atoms with E-state index in [-0.39, 0.29) is 18.5 Å². The van der Waals surface area contributed by atoms with Crippen LogP contribution in [0.15, 0.2) is 6.20 Å². The number of hydrogen-bond donors (Lipinski definition) is 0. The Bertz CT molecular complexity index is 314. The molecule has 0 aliphatic heterocycles. The van der Waals surface area contributed by atoms with Gasteiger partial charge in [-0.15, -0.1) is 11.3 Å². The van der Waals surface area contributed by atoms with E-state index in [9.17, 15) is 4.79 Å². The average Bonchev–Trinajstić information content (AvgIpc) is 2.50. The third-order valence-electron chi connectivity index (χ3n) is 1.75. The first-order valence-electron chi connectivity index (χ1n) is 4.41. The number of hydrogen-bond acceptors (Lipinski definition) is 4. The fourth-order valence-electron chi connectivity index (χ4n) is 0.857. The maximum Gasteiger partial charge on any atom is 0.311 e. The second-order valence-corrected chi connectivity index (χ2v) is 4.66. The molecule has 78 valence electrons. The smallest absolute Gasteiger partial charge is 0.311 e. The van der Waals surface area contributed by atoms with Crippen molar-refractivity contribution in [2.24, 2.45) is 0 Å². The average molecular weight is 234 g/mol. The second kappa shape index (κ2) is 5.32. The Kier molecular flexibility index (Phi) is 4.35. The van der Waals surface area contributed by atoms with Crippen molar-refractivity contribution < 1.29 is 9.53 Å². The van der Waals surface area contributed by atoms with E-state index in [1.54, 1.807) is 6.20 Å². The molecule has 0 aromatic carbocycles. The minimum atomic E-state index is -0.223. The lowest BCUT2D eigenvalue weighted by Crippen LogP contribution is -2.15. The summed E-state index contributed by atoms with van der Waals surface area (Å²) in [7, 11) is 0. The first kappa shape index (κ1) is 11.5. The normalized spacial score (nSPS) is 12.5. The van der Waals surface area contributed by atoms with Crippen molar-refractivity contribution in [1.82, 2.24) is 4.98 Å². The highest BCUT2D eigenvalue weighted by Crippen LogP contribution is 2.18. The van der Waals surface area contributed by atoms with Gasteiger partial charge in [0, 0.05) is 11.1 Å². The van der Waals surface area contributed by atoms with E-state index in [0.717, 1.165) is 11.3 Å². The van der Waals surface area contributed by atoms with E-state index in [0.29, 0.717) is 4.47 Å². The maximum absolute atomic E-state index is 11.3. The molecule has 1 rings (SSSR count). The lowest BCUT2D eigenvalue weighted by Gasteiger charge is -2.09. The lowest BCUT2D eigenvalue weighted by molar-refractivity contribution is -0.147. The molecule has 0 spiro atoms. The minimum Gasteiger partial charge on any atom is -0.462 e. The van der Waals surface area contributed by atoms with Gasteiger partial charge in [-0.1, -0.05) is 18.5 Å². The molecule has 0 saturated carbocycles. The molecule has 0 saturated heterocycles. The molecule has 3 nitrogen and oxygen atoms in total. The Morgan fingerprint density at radius 2 is 2.50 bits per heavy atom. The van der Waals surface area contributed by atoms with Crippen LogP contribution in [0.25, 0.3) is 0 Å². The van der Waals surface area contributed by atoms with Crippen LogP contribution in [0.3, 0.4) is 0 Å². The van der Waals surface area contributed by atoms with Gasteiger partial charge in [0.1, 0.15) is 0 Å². The number of halogens is 1. The van der Waals surface area contributed by atoms with Crippen LogP contribution >= 0.6 is 22.9 Å². The fourth-order valence-corrected chi connectivity index (χ4v) is 1.82. The summed E-state index contributed by atoms with van der Waals surface area (Å²) in [6.07, 6.45) is 2.67. The first-order valence-corrected chi connectivity index (χ1v) is 5.61. The van der Waals surface area contributed by atoms with Gasteiger partial charge in [-0.25, -0.2) is 4.98 Å². The Morgan fingerprint density at radius 1 is 1.79 bits per heavy atom. The first-order chi connectivity index (χ1) is 6.61. The van der Waals surface area contributed by atoms with E-state index >= 15 is 0 Å². The van der Waals surface area contributed by atoms with Crippen LogP contribution < -0.4 is 0 Å². The predicted molar refractivity (Wildman–Crippen MR) is 56.7 cm³/mol. The minimum absolute atomic E-state index is 0.0223. The number of esters is 1. The molecule has 1 atom stereocenters. The predicted octanol–water partition coefficient (Wildman–Crippen LogP) is 2.68. The van der Waals surface area contributed by atoms with E-state index in [4.69, 9.17) is 16.3 Å². The molecule has 0 aliphatic rings. The number of rotatable bonds is 4. The molecule has 14 heavy (non-hydrogen) atoms. The van der Waals surface area contributed by atoms with Crippen molar-refractivity contribution in [2.45, 2.75) is 32.8 Å². The van der Waals surface area contributed by atoms with Gasteiger partial charge in [0.25, 0.3) is 0 Å². The molecule has 0 radical (unpaired) electrons. The zero-order valence-electron chi connectivity index (χ0n) is 8.12. The molecule has 1 aromatic rings. The molecule has 0 amide bonds. The Labute approximate surface area is 92.1 Å². The van der Waals surface area contributed by atoms with Crippen LogP contribution in [0.2, 0.25) is 4.47 Å². The molecule has 0 fully saturated rings. The van der Waals surface area contributed by atoms with Crippen molar-refractivity contribution in [3.8, 4) is 0 Å². The SMILES string of the molecule is CCC(C)OC(=O)Cc1cnc(Cl)s1. The zero-order chi connectivity index (χ0) is 10.6. The van der Waals surface area contributed by atoms with Gasteiger partial charge in [0.05, 0.1) is 12.5 Å². The van der Waals surface area contributed by atoms with Crippen LogP contribution in [-0.2, 0) is 16.0 Å². The molecule has 1 unspecified atom stereocenters. The van der Waals surface area contributed by atoms with Crippen molar-refractivity contribution in [3.63, 3.8) is 0 Å². The van der Waals surface area contributed by atoms with Crippen LogP contribution in [-0.4, -0.2) is 17.1 Å². The van der Waals surface area contributed by atoms with Gasteiger partial charge < -0.3 is 4.74 Å². The molecule has 0 bridgehead atoms. The number of carbonyl (C=O) groups excluding carboxylic acids is 1. The molecule has 1 heterocycles. The summed E-state index contributed by atoms with van der Waals surface area (Å²) in [5.74, 6) is -0.223. The summed E-state index contributed by atoms with van der Waals surface area (Å²) in [4.78, 5) is 16.0.